The molecular formula is C15H21FN2O2. The van der Waals surface area contributed by atoms with Crippen molar-refractivity contribution in [1.82, 2.24) is 5.32 Å². The minimum absolute atomic E-state index is 0.238. The first kappa shape index (κ1) is 14.8. The van der Waals surface area contributed by atoms with Gasteiger partial charge in [0.2, 0.25) is 0 Å². The molecule has 0 bridgehead atoms. The second kappa shape index (κ2) is 6.70. The van der Waals surface area contributed by atoms with Crippen molar-refractivity contribution in [2.75, 3.05) is 11.9 Å². The van der Waals surface area contributed by atoms with Gasteiger partial charge in [-0.15, -0.1) is 0 Å². The Hall–Kier alpha value is -1.62. The van der Waals surface area contributed by atoms with E-state index in [-0.39, 0.29) is 18.0 Å². The number of aliphatic hydroxyl groups excluding tert-OH is 1. The molecule has 0 radical (unpaired) electrons. The Morgan fingerprint density at radius 1 is 1.45 bits per heavy atom. The maximum atomic E-state index is 13.1. The van der Waals surface area contributed by atoms with E-state index in [0.717, 1.165) is 25.7 Å². The number of halogens is 1. The number of hydrogen-bond donors (Lipinski definition) is 3. The van der Waals surface area contributed by atoms with Gasteiger partial charge in [-0.2, -0.15) is 0 Å². The van der Waals surface area contributed by atoms with E-state index in [9.17, 15) is 14.3 Å². The van der Waals surface area contributed by atoms with Gasteiger partial charge in [-0.1, -0.05) is 6.42 Å². The van der Waals surface area contributed by atoms with Crippen molar-refractivity contribution in [3.8, 4) is 0 Å². The molecule has 0 spiro atoms. The molecule has 1 aliphatic carbocycles. The standard InChI is InChI=1S/C15H21FN2O2/c1-10-7-12(5-6-14(10)16)18-15(20)17-9-11-3-2-4-13(19)8-11/h5-7,11,13,19H,2-4,8-9H2,1H3,(H2,17,18,20). The van der Waals surface area contributed by atoms with Crippen LogP contribution < -0.4 is 10.6 Å². The van der Waals surface area contributed by atoms with Crippen LogP contribution in [0.3, 0.4) is 0 Å². The second-order valence-corrected chi connectivity index (χ2v) is 5.49. The zero-order valence-electron chi connectivity index (χ0n) is 11.7. The van der Waals surface area contributed by atoms with Crippen LogP contribution in [0.15, 0.2) is 18.2 Å². The third-order valence-corrected chi connectivity index (χ3v) is 3.72. The van der Waals surface area contributed by atoms with E-state index in [0.29, 0.717) is 23.7 Å². The molecule has 2 unspecified atom stereocenters. The molecule has 5 heteroatoms. The molecule has 1 aliphatic rings. The minimum Gasteiger partial charge on any atom is -0.393 e. The summed E-state index contributed by atoms with van der Waals surface area (Å²) < 4.78 is 13.1. The van der Waals surface area contributed by atoms with E-state index in [4.69, 9.17) is 0 Å². The average Bonchev–Trinajstić information content (AvgIpc) is 2.41. The minimum atomic E-state index is -0.295. The van der Waals surface area contributed by atoms with Gasteiger partial charge in [-0.25, -0.2) is 9.18 Å². The Bertz CT molecular complexity index is 479. The maximum Gasteiger partial charge on any atom is 0.319 e. The Labute approximate surface area is 118 Å². The van der Waals surface area contributed by atoms with Crippen molar-refractivity contribution >= 4 is 11.7 Å². The average molecular weight is 280 g/mol. The lowest BCUT2D eigenvalue weighted by Gasteiger charge is -2.25. The number of aryl methyl sites for hydroxylation is 1. The fourth-order valence-electron chi connectivity index (χ4n) is 2.58. The van der Waals surface area contributed by atoms with E-state index < -0.39 is 0 Å². The molecule has 2 rings (SSSR count). The molecule has 1 fully saturated rings. The first-order chi connectivity index (χ1) is 9.54. The van der Waals surface area contributed by atoms with Gasteiger partial charge in [0.15, 0.2) is 0 Å². The first-order valence-electron chi connectivity index (χ1n) is 7.03. The molecule has 2 amide bonds. The van der Waals surface area contributed by atoms with Crippen LogP contribution in [0.1, 0.15) is 31.2 Å². The molecule has 0 saturated heterocycles. The Morgan fingerprint density at radius 3 is 2.95 bits per heavy atom. The van der Waals surface area contributed by atoms with Gasteiger partial charge in [0.25, 0.3) is 0 Å². The Morgan fingerprint density at radius 2 is 2.25 bits per heavy atom. The predicted octanol–water partition coefficient (Wildman–Crippen LogP) is 2.81. The van der Waals surface area contributed by atoms with Gasteiger partial charge in [0.1, 0.15) is 5.82 Å². The number of anilines is 1. The Balaban J connectivity index is 1.78. The number of nitrogens with one attached hydrogen (secondary N) is 2. The number of carbonyl (C=O) groups is 1. The number of rotatable bonds is 3. The zero-order valence-corrected chi connectivity index (χ0v) is 11.7. The molecule has 0 aliphatic heterocycles. The van der Waals surface area contributed by atoms with E-state index >= 15 is 0 Å². The molecule has 4 nitrogen and oxygen atoms in total. The number of aliphatic hydroxyl groups is 1. The van der Waals surface area contributed by atoms with Crippen molar-refractivity contribution in [2.24, 2.45) is 5.92 Å². The van der Waals surface area contributed by atoms with Crippen molar-refractivity contribution in [1.29, 1.82) is 0 Å². The molecular weight excluding hydrogens is 259 g/mol. The third kappa shape index (κ3) is 4.20. The summed E-state index contributed by atoms with van der Waals surface area (Å²) >= 11 is 0. The highest BCUT2D eigenvalue weighted by Gasteiger charge is 2.20. The molecule has 0 aromatic heterocycles. The smallest absolute Gasteiger partial charge is 0.319 e. The molecule has 20 heavy (non-hydrogen) atoms. The van der Waals surface area contributed by atoms with Crippen molar-refractivity contribution in [3.05, 3.63) is 29.6 Å². The van der Waals surface area contributed by atoms with Crippen molar-refractivity contribution in [3.63, 3.8) is 0 Å². The first-order valence-corrected chi connectivity index (χ1v) is 7.03. The highest BCUT2D eigenvalue weighted by atomic mass is 19.1. The molecule has 1 saturated carbocycles. The Kier molecular flexibility index (Phi) is 4.95. The highest BCUT2D eigenvalue weighted by molar-refractivity contribution is 5.89. The van der Waals surface area contributed by atoms with Crippen molar-refractivity contribution in [2.45, 2.75) is 38.7 Å². The number of amides is 2. The van der Waals surface area contributed by atoms with Crippen LogP contribution in [0.25, 0.3) is 0 Å². The number of carbonyl (C=O) groups excluding carboxylic acids is 1. The number of urea groups is 1. The van der Waals surface area contributed by atoms with Crippen LogP contribution in [-0.4, -0.2) is 23.8 Å². The fourth-order valence-corrected chi connectivity index (χ4v) is 2.58. The van der Waals surface area contributed by atoms with Gasteiger partial charge < -0.3 is 15.7 Å². The topological polar surface area (TPSA) is 61.4 Å². The van der Waals surface area contributed by atoms with Crippen LogP contribution in [0.5, 0.6) is 0 Å². The van der Waals surface area contributed by atoms with Gasteiger partial charge in [-0.3, -0.25) is 0 Å². The molecule has 3 N–H and O–H groups in total. The summed E-state index contributed by atoms with van der Waals surface area (Å²) in [6.45, 7) is 2.21. The largest absolute Gasteiger partial charge is 0.393 e. The summed E-state index contributed by atoms with van der Waals surface area (Å²) in [6.07, 6.45) is 3.41. The summed E-state index contributed by atoms with van der Waals surface area (Å²) in [6, 6.07) is 4.17. The normalized spacial score (nSPS) is 22.4. The molecule has 1 aromatic rings. The van der Waals surface area contributed by atoms with Crippen molar-refractivity contribution < 1.29 is 14.3 Å². The van der Waals surface area contributed by atoms with Crippen LogP contribution >= 0.6 is 0 Å². The highest BCUT2D eigenvalue weighted by Crippen LogP contribution is 2.23. The second-order valence-electron chi connectivity index (χ2n) is 5.49. The summed E-state index contributed by atoms with van der Waals surface area (Å²) in [4.78, 5) is 11.8. The van der Waals surface area contributed by atoms with Crippen LogP contribution in [-0.2, 0) is 0 Å². The van der Waals surface area contributed by atoms with Gasteiger partial charge in [0.05, 0.1) is 6.10 Å². The summed E-state index contributed by atoms with van der Waals surface area (Å²) in [5, 5.41) is 15.1. The van der Waals surface area contributed by atoms with Crippen LogP contribution in [0.2, 0.25) is 0 Å². The van der Waals surface area contributed by atoms with Gasteiger partial charge in [-0.05, 0) is 55.9 Å². The van der Waals surface area contributed by atoms with Crippen LogP contribution in [0.4, 0.5) is 14.9 Å². The van der Waals surface area contributed by atoms with Crippen LogP contribution in [0, 0.1) is 18.7 Å². The lowest BCUT2D eigenvalue weighted by atomic mass is 9.87. The lowest BCUT2D eigenvalue weighted by Crippen LogP contribution is -2.35. The third-order valence-electron chi connectivity index (χ3n) is 3.72. The van der Waals surface area contributed by atoms with E-state index in [2.05, 4.69) is 10.6 Å². The van der Waals surface area contributed by atoms with Gasteiger partial charge >= 0.3 is 6.03 Å². The molecule has 2 atom stereocenters. The molecule has 110 valence electrons. The summed E-state index contributed by atoms with van der Waals surface area (Å²) in [5.74, 6) is 0.0478. The number of hydrogen-bond acceptors (Lipinski definition) is 2. The molecule has 0 heterocycles. The quantitative estimate of drug-likeness (QED) is 0.797. The fraction of sp³-hybridized carbons (Fsp3) is 0.533. The molecule has 1 aromatic carbocycles. The van der Waals surface area contributed by atoms with Gasteiger partial charge in [0, 0.05) is 12.2 Å². The zero-order chi connectivity index (χ0) is 14.5. The SMILES string of the molecule is Cc1cc(NC(=O)NCC2CCCC(O)C2)ccc1F. The lowest BCUT2D eigenvalue weighted by molar-refractivity contribution is 0.101. The maximum absolute atomic E-state index is 13.1. The van der Waals surface area contributed by atoms with E-state index in [1.54, 1.807) is 13.0 Å². The van der Waals surface area contributed by atoms with E-state index in [1.807, 2.05) is 0 Å². The monoisotopic (exact) mass is 280 g/mol. The summed E-state index contributed by atoms with van der Waals surface area (Å²) in [5.41, 5.74) is 1.07. The number of benzene rings is 1. The summed E-state index contributed by atoms with van der Waals surface area (Å²) in [7, 11) is 0. The predicted molar refractivity (Wildman–Crippen MR) is 76.1 cm³/mol. The van der Waals surface area contributed by atoms with E-state index in [1.165, 1.54) is 12.1 Å².